The van der Waals surface area contributed by atoms with E-state index < -0.39 is 0 Å². The number of nitrogens with zero attached hydrogens (tertiary/aromatic N) is 1. The summed E-state index contributed by atoms with van der Waals surface area (Å²) >= 11 is 0. The molecule has 0 heterocycles. The maximum atomic E-state index is 11.9. The van der Waals surface area contributed by atoms with Crippen molar-refractivity contribution in [2.24, 2.45) is 17.6 Å². The van der Waals surface area contributed by atoms with Crippen LogP contribution in [0.25, 0.3) is 0 Å². The zero-order chi connectivity index (χ0) is 14.4. The van der Waals surface area contributed by atoms with Crippen LogP contribution in [0.1, 0.15) is 46.5 Å². The molecule has 3 atom stereocenters. The highest BCUT2D eigenvalue weighted by molar-refractivity contribution is 5.78. The van der Waals surface area contributed by atoms with E-state index in [1.54, 1.807) is 0 Å². The normalized spacial score (nSPS) is 27.8. The van der Waals surface area contributed by atoms with Crippen molar-refractivity contribution in [3.05, 3.63) is 0 Å². The van der Waals surface area contributed by atoms with Crippen LogP contribution in [-0.2, 0) is 4.79 Å². The predicted octanol–water partition coefficient (Wildman–Crippen LogP) is 1.60. The first kappa shape index (κ1) is 16.4. The minimum atomic E-state index is 0.117. The molecule has 0 spiro atoms. The first-order valence-corrected chi connectivity index (χ1v) is 7.67. The van der Waals surface area contributed by atoms with Gasteiger partial charge in [-0.3, -0.25) is 9.69 Å². The molecule has 1 saturated carbocycles. The van der Waals surface area contributed by atoms with Gasteiger partial charge in [-0.25, -0.2) is 0 Å². The van der Waals surface area contributed by atoms with Crippen LogP contribution in [0.5, 0.6) is 0 Å². The summed E-state index contributed by atoms with van der Waals surface area (Å²) in [6, 6.07) is 0.669. The fourth-order valence-electron chi connectivity index (χ4n) is 3.19. The Morgan fingerprint density at radius 2 is 2.11 bits per heavy atom. The first-order chi connectivity index (χ1) is 8.97. The number of hydrogen-bond acceptors (Lipinski definition) is 3. The van der Waals surface area contributed by atoms with Gasteiger partial charge in [-0.15, -0.1) is 0 Å². The molecule has 1 rings (SSSR count). The summed E-state index contributed by atoms with van der Waals surface area (Å²) in [7, 11) is 2.06. The van der Waals surface area contributed by atoms with E-state index in [1.807, 2.05) is 13.8 Å². The van der Waals surface area contributed by atoms with Crippen molar-refractivity contribution in [2.75, 3.05) is 20.1 Å². The second-order valence-electron chi connectivity index (χ2n) is 6.29. The van der Waals surface area contributed by atoms with Crippen LogP contribution >= 0.6 is 0 Å². The molecular weight excluding hydrogens is 238 g/mol. The second kappa shape index (κ2) is 7.85. The Kier molecular flexibility index (Phi) is 6.80. The van der Waals surface area contributed by atoms with Crippen LogP contribution in [-0.4, -0.2) is 43.0 Å². The molecule has 0 aromatic heterocycles. The first-order valence-electron chi connectivity index (χ1n) is 7.67. The quantitative estimate of drug-likeness (QED) is 0.770. The third-order valence-electron chi connectivity index (χ3n) is 4.35. The van der Waals surface area contributed by atoms with Crippen LogP contribution in [0.3, 0.4) is 0 Å². The zero-order valence-corrected chi connectivity index (χ0v) is 13.0. The number of hydrogen-bond donors (Lipinski definition) is 2. The third kappa shape index (κ3) is 5.11. The molecule has 4 heteroatoms. The molecule has 0 aromatic carbocycles. The van der Waals surface area contributed by atoms with E-state index >= 15 is 0 Å². The Labute approximate surface area is 118 Å². The monoisotopic (exact) mass is 269 g/mol. The van der Waals surface area contributed by atoms with Crippen molar-refractivity contribution in [2.45, 2.75) is 58.5 Å². The number of rotatable bonds is 6. The molecule has 1 aliphatic carbocycles. The fourth-order valence-corrected chi connectivity index (χ4v) is 3.19. The molecule has 112 valence electrons. The number of nitrogens with two attached hydrogens (primary N) is 1. The highest BCUT2D eigenvalue weighted by Crippen LogP contribution is 2.32. The maximum absolute atomic E-state index is 11.9. The van der Waals surface area contributed by atoms with Gasteiger partial charge in [0, 0.05) is 12.1 Å². The second-order valence-corrected chi connectivity index (χ2v) is 6.29. The lowest BCUT2D eigenvalue weighted by Gasteiger charge is -2.40. The minimum absolute atomic E-state index is 0.117. The Balaban J connectivity index is 2.55. The molecule has 4 nitrogen and oxygen atoms in total. The molecule has 0 radical (unpaired) electrons. The van der Waals surface area contributed by atoms with Gasteiger partial charge < -0.3 is 11.1 Å². The lowest BCUT2D eigenvalue weighted by Crippen LogP contribution is -2.49. The average Bonchev–Trinajstić information content (AvgIpc) is 2.36. The third-order valence-corrected chi connectivity index (χ3v) is 4.35. The van der Waals surface area contributed by atoms with Gasteiger partial charge in [0.1, 0.15) is 0 Å². The van der Waals surface area contributed by atoms with Gasteiger partial charge in [0.05, 0.1) is 6.54 Å². The van der Waals surface area contributed by atoms with E-state index in [2.05, 4.69) is 24.2 Å². The molecule has 3 N–H and O–H groups in total. The summed E-state index contributed by atoms with van der Waals surface area (Å²) in [5.41, 5.74) is 5.90. The minimum Gasteiger partial charge on any atom is -0.353 e. The molecule has 1 aliphatic rings. The van der Waals surface area contributed by atoms with E-state index in [9.17, 15) is 4.79 Å². The molecule has 0 aromatic rings. The standard InChI is InChI=1S/C15H31N3O/c1-5-12-6-7-13(9-16)14(8-12)18(4)10-15(19)17-11(2)3/h11-14H,5-10,16H2,1-4H3,(H,17,19). The van der Waals surface area contributed by atoms with Gasteiger partial charge in [0.25, 0.3) is 0 Å². The van der Waals surface area contributed by atoms with Crippen LogP contribution < -0.4 is 11.1 Å². The van der Waals surface area contributed by atoms with Crippen LogP contribution in [0.2, 0.25) is 0 Å². The van der Waals surface area contributed by atoms with E-state index in [0.717, 1.165) is 12.5 Å². The number of nitrogens with one attached hydrogen (secondary N) is 1. The van der Waals surface area contributed by atoms with Crippen molar-refractivity contribution in [1.29, 1.82) is 0 Å². The van der Waals surface area contributed by atoms with Crippen molar-refractivity contribution < 1.29 is 4.79 Å². The Morgan fingerprint density at radius 3 is 2.63 bits per heavy atom. The van der Waals surface area contributed by atoms with Crippen molar-refractivity contribution in [3.63, 3.8) is 0 Å². The van der Waals surface area contributed by atoms with Gasteiger partial charge in [-0.1, -0.05) is 19.8 Å². The molecular formula is C15H31N3O. The number of amides is 1. The van der Waals surface area contributed by atoms with E-state index in [1.165, 1.54) is 25.7 Å². The number of carbonyl (C=O) groups is 1. The summed E-state index contributed by atoms with van der Waals surface area (Å²) in [6.07, 6.45) is 4.92. The zero-order valence-electron chi connectivity index (χ0n) is 13.0. The lowest BCUT2D eigenvalue weighted by molar-refractivity contribution is -0.123. The Bertz CT molecular complexity index is 281. The Morgan fingerprint density at radius 1 is 1.42 bits per heavy atom. The van der Waals surface area contributed by atoms with Gasteiger partial charge in [-0.2, -0.15) is 0 Å². The van der Waals surface area contributed by atoms with E-state index in [4.69, 9.17) is 5.73 Å². The topological polar surface area (TPSA) is 58.4 Å². The van der Waals surface area contributed by atoms with Gasteiger partial charge >= 0.3 is 0 Å². The number of carbonyl (C=O) groups excluding carboxylic acids is 1. The smallest absolute Gasteiger partial charge is 0.234 e. The average molecular weight is 269 g/mol. The summed E-state index contributed by atoms with van der Waals surface area (Å²) in [4.78, 5) is 14.1. The fraction of sp³-hybridized carbons (Fsp3) is 0.933. The van der Waals surface area contributed by atoms with Gasteiger partial charge in [-0.05, 0) is 52.1 Å². The van der Waals surface area contributed by atoms with Crippen LogP contribution in [0.15, 0.2) is 0 Å². The van der Waals surface area contributed by atoms with Crippen molar-refractivity contribution >= 4 is 5.91 Å². The largest absolute Gasteiger partial charge is 0.353 e. The Hall–Kier alpha value is -0.610. The molecule has 0 bridgehead atoms. The molecule has 0 saturated heterocycles. The van der Waals surface area contributed by atoms with E-state index in [0.29, 0.717) is 18.5 Å². The van der Waals surface area contributed by atoms with Crippen LogP contribution in [0, 0.1) is 11.8 Å². The maximum Gasteiger partial charge on any atom is 0.234 e. The molecule has 19 heavy (non-hydrogen) atoms. The summed E-state index contributed by atoms with van der Waals surface area (Å²) < 4.78 is 0. The molecule has 1 fully saturated rings. The summed E-state index contributed by atoms with van der Waals surface area (Å²) in [5.74, 6) is 1.45. The van der Waals surface area contributed by atoms with Crippen molar-refractivity contribution in [3.8, 4) is 0 Å². The highest BCUT2D eigenvalue weighted by Gasteiger charge is 2.32. The highest BCUT2D eigenvalue weighted by atomic mass is 16.2. The number of likely N-dealkylation sites (N-methyl/N-ethyl adjacent to an activating group) is 1. The predicted molar refractivity (Wildman–Crippen MR) is 79.9 cm³/mol. The molecule has 1 amide bonds. The van der Waals surface area contributed by atoms with Crippen molar-refractivity contribution in [1.82, 2.24) is 10.2 Å². The summed E-state index contributed by atoms with van der Waals surface area (Å²) in [5, 5.41) is 2.96. The van der Waals surface area contributed by atoms with Gasteiger partial charge in [0.15, 0.2) is 0 Å². The molecule has 3 unspecified atom stereocenters. The summed E-state index contributed by atoms with van der Waals surface area (Å²) in [6.45, 7) is 7.46. The van der Waals surface area contributed by atoms with Gasteiger partial charge in [0.2, 0.25) is 5.91 Å². The van der Waals surface area contributed by atoms with E-state index in [-0.39, 0.29) is 11.9 Å². The molecule has 0 aliphatic heterocycles. The lowest BCUT2D eigenvalue weighted by atomic mass is 9.76. The SMILES string of the molecule is CCC1CCC(CN)C(N(C)CC(=O)NC(C)C)C1. The van der Waals surface area contributed by atoms with Crippen LogP contribution in [0.4, 0.5) is 0 Å².